The predicted octanol–water partition coefficient (Wildman–Crippen LogP) is -0.177. The third-order valence-corrected chi connectivity index (χ3v) is 1.97. The van der Waals surface area contributed by atoms with Gasteiger partial charge in [0, 0.05) is 6.54 Å². The average molecular weight is 194 g/mol. The van der Waals surface area contributed by atoms with Gasteiger partial charge in [0.1, 0.15) is 5.52 Å². The first kappa shape index (κ1) is 8.74. The summed E-state index contributed by atoms with van der Waals surface area (Å²) in [5.74, 6) is 0. The highest BCUT2D eigenvalue weighted by Gasteiger charge is 2.06. The van der Waals surface area contributed by atoms with E-state index in [1.54, 1.807) is 4.68 Å². The van der Waals surface area contributed by atoms with Gasteiger partial charge in [0.2, 0.25) is 0 Å². The molecule has 74 valence electrons. The average Bonchev–Trinajstić information content (AvgIpc) is 2.49. The number of nitrogens with zero attached hydrogens (tertiary/aromatic N) is 2. The van der Waals surface area contributed by atoms with E-state index in [9.17, 15) is 9.59 Å². The van der Waals surface area contributed by atoms with Gasteiger partial charge in [-0.25, -0.2) is 4.79 Å². The molecule has 0 atom stereocenters. The first-order chi connectivity index (χ1) is 6.72. The van der Waals surface area contributed by atoms with E-state index in [1.807, 2.05) is 6.92 Å². The van der Waals surface area contributed by atoms with E-state index in [-0.39, 0.29) is 0 Å². The maximum absolute atomic E-state index is 11.4. The Labute approximate surface area is 78.6 Å². The molecule has 0 aliphatic heterocycles. The zero-order valence-electron chi connectivity index (χ0n) is 7.70. The Balaban J connectivity index is 2.79. The lowest BCUT2D eigenvalue weighted by Crippen LogP contribution is -2.23. The SMILES string of the molecule is CCCn1ncc2[nH]c(=O)[nH]c(=O)c21. The van der Waals surface area contributed by atoms with Gasteiger partial charge in [0.15, 0.2) is 0 Å². The molecule has 2 aromatic heterocycles. The van der Waals surface area contributed by atoms with Crippen LogP contribution in [0.15, 0.2) is 15.8 Å². The highest BCUT2D eigenvalue weighted by atomic mass is 16.2. The third kappa shape index (κ3) is 1.24. The second-order valence-corrected chi connectivity index (χ2v) is 3.04. The van der Waals surface area contributed by atoms with Crippen molar-refractivity contribution in [1.29, 1.82) is 0 Å². The minimum absolute atomic E-state index is 0.394. The Kier molecular flexibility index (Phi) is 1.95. The van der Waals surface area contributed by atoms with Crippen LogP contribution < -0.4 is 11.2 Å². The van der Waals surface area contributed by atoms with Crippen molar-refractivity contribution in [2.24, 2.45) is 0 Å². The highest BCUT2D eigenvalue weighted by Crippen LogP contribution is 2.03. The maximum Gasteiger partial charge on any atom is 0.326 e. The zero-order chi connectivity index (χ0) is 10.1. The molecule has 0 aromatic carbocycles. The van der Waals surface area contributed by atoms with E-state index in [2.05, 4.69) is 15.1 Å². The molecule has 2 N–H and O–H groups in total. The van der Waals surface area contributed by atoms with Gasteiger partial charge in [0.25, 0.3) is 5.56 Å². The number of aromatic nitrogens is 4. The molecule has 2 aromatic rings. The van der Waals surface area contributed by atoms with E-state index in [0.717, 1.165) is 6.42 Å². The Morgan fingerprint density at radius 1 is 1.43 bits per heavy atom. The summed E-state index contributed by atoms with van der Waals surface area (Å²) in [5, 5.41) is 4.01. The molecular formula is C8H10N4O2. The van der Waals surface area contributed by atoms with Crippen LogP contribution in [0.4, 0.5) is 0 Å². The molecule has 6 heteroatoms. The number of aromatic amines is 2. The summed E-state index contributed by atoms with van der Waals surface area (Å²) in [4.78, 5) is 27.0. The van der Waals surface area contributed by atoms with Crippen LogP contribution in [0.25, 0.3) is 11.0 Å². The summed E-state index contributed by atoms with van der Waals surface area (Å²) < 4.78 is 1.59. The van der Waals surface area contributed by atoms with Gasteiger partial charge in [0.05, 0.1) is 11.7 Å². The minimum atomic E-state index is -0.501. The van der Waals surface area contributed by atoms with Crippen molar-refractivity contribution < 1.29 is 0 Å². The Hall–Kier alpha value is -1.85. The summed E-state index contributed by atoms with van der Waals surface area (Å²) in [6, 6.07) is 0. The number of hydrogen-bond acceptors (Lipinski definition) is 3. The standard InChI is InChI=1S/C8H10N4O2/c1-2-3-12-6-5(4-9-12)10-8(14)11-7(6)13/h4H,2-3H2,1H3,(H2,10,11,13,14). The molecule has 6 nitrogen and oxygen atoms in total. The predicted molar refractivity (Wildman–Crippen MR) is 51.3 cm³/mol. The first-order valence-electron chi connectivity index (χ1n) is 4.40. The van der Waals surface area contributed by atoms with E-state index in [1.165, 1.54) is 6.20 Å². The van der Waals surface area contributed by atoms with E-state index >= 15 is 0 Å². The monoisotopic (exact) mass is 194 g/mol. The highest BCUT2D eigenvalue weighted by molar-refractivity contribution is 5.72. The molecule has 0 saturated carbocycles. The van der Waals surface area contributed by atoms with Gasteiger partial charge in [-0.05, 0) is 6.42 Å². The van der Waals surface area contributed by atoms with Crippen LogP contribution in [0.5, 0.6) is 0 Å². The van der Waals surface area contributed by atoms with Crippen LogP contribution >= 0.6 is 0 Å². The fraction of sp³-hybridized carbons (Fsp3) is 0.375. The van der Waals surface area contributed by atoms with Gasteiger partial charge < -0.3 is 4.98 Å². The quantitative estimate of drug-likeness (QED) is 0.695. The maximum atomic E-state index is 11.4. The third-order valence-electron chi connectivity index (χ3n) is 1.97. The van der Waals surface area contributed by atoms with Gasteiger partial charge in [-0.2, -0.15) is 5.10 Å². The molecule has 14 heavy (non-hydrogen) atoms. The number of fused-ring (bicyclic) bond motifs is 1. The van der Waals surface area contributed by atoms with Crippen LogP contribution in [0.2, 0.25) is 0 Å². The molecular weight excluding hydrogens is 184 g/mol. The summed E-state index contributed by atoms with van der Waals surface area (Å²) >= 11 is 0. The van der Waals surface area contributed by atoms with Crippen molar-refractivity contribution in [1.82, 2.24) is 19.7 Å². The van der Waals surface area contributed by atoms with Gasteiger partial charge >= 0.3 is 5.69 Å². The molecule has 0 unspecified atom stereocenters. The van der Waals surface area contributed by atoms with Gasteiger partial charge in [-0.3, -0.25) is 14.5 Å². The fourth-order valence-electron chi connectivity index (χ4n) is 1.41. The lowest BCUT2D eigenvalue weighted by molar-refractivity contribution is 0.620. The molecule has 0 saturated heterocycles. The van der Waals surface area contributed by atoms with Crippen molar-refractivity contribution in [3.05, 3.63) is 27.0 Å². The van der Waals surface area contributed by atoms with Gasteiger partial charge in [-0.1, -0.05) is 6.92 Å². The van der Waals surface area contributed by atoms with Crippen LogP contribution in [-0.2, 0) is 6.54 Å². The van der Waals surface area contributed by atoms with Crippen LogP contribution in [0, 0.1) is 0 Å². The smallest absolute Gasteiger partial charge is 0.304 e. The van der Waals surface area contributed by atoms with E-state index < -0.39 is 11.2 Å². The lowest BCUT2D eigenvalue weighted by atomic mass is 10.4. The molecule has 0 radical (unpaired) electrons. The van der Waals surface area contributed by atoms with E-state index in [0.29, 0.717) is 17.6 Å². The first-order valence-corrected chi connectivity index (χ1v) is 4.40. The minimum Gasteiger partial charge on any atom is -0.304 e. The largest absolute Gasteiger partial charge is 0.326 e. The molecule has 2 rings (SSSR count). The molecule has 0 spiro atoms. The number of aryl methyl sites for hydroxylation is 1. The van der Waals surface area contributed by atoms with Crippen LogP contribution in [0.3, 0.4) is 0 Å². The zero-order valence-corrected chi connectivity index (χ0v) is 7.70. The summed E-state index contributed by atoms with van der Waals surface area (Å²) in [5.41, 5.74) is 0.00639. The number of H-pyrrole nitrogens is 2. The Morgan fingerprint density at radius 2 is 2.21 bits per heavy atom. The summed E-state index contributed by atoms with van der Waals surface area (Å²) in [7, 11) is 0. The fourth-order valence-corrected chi connectivity index (χ4v) is 1.41. The van der Waals surface area contributed by atoms with Crippen LogP contribution in [-0.4, -0.2) is 19.7 Å². The van der Waals surface area contributed by atoms with Crippen molar-refractivity contribution in [3.8, 4) is 0 Å². The summed E-state index contributed by atoms with van der Waals surface area (Å²) in [6.07, 6.45) is 2.37. The summed E-state index contributed by atoms with van der Waals surface area (Å²) in [6.45, 7) is 2.66. The Morgan fingerprint density at radius 3 is 2.93 bits per heavy atom. The molecule has 0 aliphatic carbocycles. The lowest BCUT2D eigenvalue weighted by Gasteiger charge is -1.97. The number of rotatable bonds is 2. The Bertz CT molecular complexity index is 562. The number of hydrogen-bond donors (Lipinski definition) is 2. The van der Waals surface area contributed by atoms with Gasteiger partial charge in [-0.15, -0.1) is 0 Å². The second kappa shape index (κ2) is 3.13. The van der Waals surface area contributed by atoms with E-state index in [4.69, 9.17) is 0 Å². The molecule has 0 fully saturated rings. The van der Waals surface area contributed by atoms with Crippen LogP contribution in [0.1, 0.15) is 13.3 Å². The van der Waals surface area contributed by atoms with Crippen molar-refractivity contribution in [2.75, 3.05) is 0 Å². The second-order valence-electron chi connectivity index (χ2n) is 3.04. The molecule has 0 bridgehead atoms. The molecule has 0 aliphatic rings. The molecule has 0 amide bonds. The van der Waals surface area contributed by atoms with Crippen molar-refractivity contribution in [3.63, 3.8) is 0 Å². The van der Waals surface area contributed by atoms with Crippen molar-refractivity contribution >= 4 is 11.0 Å². The van der Waals surface area contributed by atoms with Crippen molar-refractivity contribution in [2.45, 2.75) is 19.9 Å². The number of nitrogens with one attached hydrogen (secondary N) is 2. The normalized spacial score (nSPS) is 10.9. The topological polar surface area (TPSA) is 83.5 Å². The molecule has 2 heterocycles.